The SMILES string of the molecule is Cc1ccc(F)c(-c2ccc3c(c2)CC(C)(C)C3NC(=O)O[C@H]2CN3CCC2CC3)c1. The first kappa shape index (κ1) is 20.5. The van der Waals surface area contributed by atoms with E-state index in [9.17, 15) is 9.18 Å². The Labute approximate surface area is 183 Å². The molecule has 4 nitrogen and oxygen atoms in total. The number of carbonyl (C=O) groups is 1. The number of ether oxygens (including phenoxy) is 1. The lowest BCUT2D eigenvalue weighted by Gasteiger charge is -2.44. The Bertz CT molecular complexity index is 1010. The zero-order valence-corrected chi connectivity index (χ0v) is 18.6. The lowest BCUT2D eigenvalue weighted by molar-refractivity contribution is -0.0348. The first-order chi connectivity index (χ1) is 14.8. The average Bonchev–Trinajstić information content (AvgIpc) is 2.99. The van der Waals surface area contributed by atoms with Crippen LogP contribution in [-0.4, -0.2) is 36.7 Å². The Morgan fingerprint density at radius 2 is 1.94 bits per heavy atom. The second-order valence-corrected chi connectivity index (χ2v) is 10.2. The van der Waals surface area contributed by atoms with Gasteiger partial charge < -0.3 is 10.1 Å². The molecule has 2 aromatic carbocycles. The van der Waals surface area contributed by atoms with Crippen LogP contribution in [0.3, 0.4) is 0 Å². The maximum atomic E-state index is 14.4. The van der Waals surface area contributed by atoms with Crippen LogP contribution in [0, 0.1) is 24.1 Å². The maximum absolute atomic E-state index is 14.4. The van der Waals surface area contributed by atoms with E-state index < -0.39 is 0 Å². The van der Waals surface area contributed by atoms with Gasteiger partial charge in [0.2, 0.25) is 0 Å². The molecular weight excluding hydrogens is 391 g/mol. The van der Waals surface area contributed by atoms with E-state index >= 15 is 0 Å². The summed E-state index contributed by atoms with van der Waals surface area (Å²) in [5, 5.41) is 3.16. The van der Waals surface area contributed by atoms with E-state index in [1.54, 1.807) is 6.07 Å². The molecule has 0 spiro atoms. The van der Waals surface area contributed by atoms with E-state index in [0.29, 0.717) is 11.5 Å². The molecule has 2 atom stereocenters. The quantitative estimate of drug-likeness (QED) is 0.735. The van der Waals surface area contributed by atoms with Gasteiger partial charge in [0.05, 0.1) is 6.04 Å². The van der Waals surface area contributed by atoms with Crippen molar-refractivity contribution in [2.75, 3.05) is 19.6 Å². The van der Waals surface area contributed by atoms with Gasteiger partial charge in [-0.3, -0.25) is 4.90 Å². The second-order valence-electron chi connectivity index (χ2n) is 10.2. The third kappa shape index (κ3) is 3.84. The molecule has 1 aliphatic carbocycles. The molecule has 6 rings (SSSR count). The molecule has 3 fully saturated rings. The van der Waals surface area contributed by atoms with Crippen molar-refractivity contribution in [3.63, 3.8) is 0 Å². The van der Waals surface area contributed by atoms with Crippen LogP contribution in [0.5, 0.6) is 0 Å². The number of aryl methyl sites for hydroxylation is 1. The largest absolute Gasteiger partial charge is 0.445 e. The second kappa shape index (κ2) is 7.63. The monoisotopic (exact) mass is 422 g/mol. The van der Waals surface area contributed by atoms with Crippen molar-refractivity contribution in [3.8, 4) is 11.1 Å². The fraction of sp³-hybridized carbons (Fsp3) is 0.500. The number of rotatable bonds is 3. The summed E-state index contributed by atoms with van der Waals surface area (Å²) in [6, 6.07) is 11.2. The van der Waals surface area contributed by atoms with Crippen molar-refractivity contribution in [2.24, 2.45) is 11.3 Å². The molecule has 3 heterocycles. The van der Waals surface area contributed by atoms with Crippen LogP contribution >= 0.6 is 0 Å². The van der Waals surface area contributed by atoms with Crippen LogP contribution in [0.15, 0.2) is 36.4 Å². The molecule has 4 aliphatic rings. The Kier molecular flexibility index (Phi) is 5.04. The van der Waals surface area contributed by atoms with Crippen LogP contribution in [-0.2, 0) is 11.2 Å². The normalized spacial score (nSPS) is 28.3. The predicted molar refractivity (Wildman–Crippen MR) is 119 cm³/mol. The number of benzene rings is 2. The Hall–Kier alpha value is -2.40. The van der Waals surface area contributed by atoms with Crippen molar-refractivity contribution >= 4 is 6.09 Å². The highest BCUT2D eigenvalue weighted by Gasteiger charge is 2.42. The van der Waals surface area contributed by atoms with Gasteiger partial charge in [0.15, 0.2) is 0 Å². The standard InChI is InChI=1S/C26H31FN2O2/c1-16-4-7-22(27)21(12-16)18-5-6-20-19(13-18)14-26(2,3)24(20)28-25(30)31-23-15-29-10-8-17(23)9-11-29/h4-7,12-13,17,23-24H,8-11,14-15H2,1-3H3,(H,28,30)/t23-,24?/m0/s1. The summed E-state index contributed by atoms with van der Waals surface area (Å²) in [4.78, 5) is 15.2. The molecule has 3 saturated heterocycles. The van der Waals surface area contributed by atoms with Gasteiger partial charge in [0.25, 0.3) is 0 Å². The average molecular weight is 423 g/mol. The highest BCUT2D eigenvalue weighted by molar-refractivity contribution is 5.70. The van der Waals surface area contributed by atoms with Crippen LogP contribution < -0.4 is 5.32 Å². The number of alkyl carbamates (subject to hydrolysis) is 1. The molecule has 0 aromatic heterocycles. The smallest absolute Gasteiger partial charge is 0.407 e. The zero-order chi connectivity index (χ0) is 21.8. The number of hydrogen-bond donors (Lipinski definition) is 1. The van der Waals surface area contributed by atoms with Crippen LogP contribution in [0.2, 0.25) is 0 Å². The number of carbonyl (C=O) groups excluding carboxylic acids is 1. The van der Waals surface area contributed by atoms with Gasteiger partial charge in [-0.2, -0.15) is 0 Å². The maximum Gasteiger partial charge on any atom is 0.407 e. The summed E-state index contributed by atoms with van der Waals surface area (Å²) in [6.07, 6.45) is 2.74. The summed E-state index contributed by atoms with van der Waals surface area (Å²) < 4.78 is 20.3. The van der Waals surface area contributed by atoms with Crippen molar-refractivity contribution in [2.45, 2.75) is 52.2 Å². The number of nitrogens with one attached hydrogen (secondary N) is 1. The summed E-state index contributed by atoms with van der Waals surface area (Å²) >= 11 is 0. The molecule has 1 N–H and O–H groups in total. The third-order valence-corrected chi connectivity index (χ3v) is 7.43. The Balaban J connectivity index is 1.35. The molecule has 0 saturated carbocycles. The van der Waals surface area contributed by atoms with E-state index in [2.05, 4.69) is 30.1 Å². The topological polar surface area (TPSA) is 41.6 Å². The van der Waals surface area contributed by atoms with E-state index in [1.807, 2.05) is 25.1 Å². The van der Waals surface area contributed by atoms with Crippen molar-refractivity contribution in [1.82, 2.24) is 10.2 Å². The molecule has 31 heavy (non-hydrogen) atoms. The summed E-state index contributed by atoms with van der Waals surface area (Å²) in [5.41, 5.74) is 4.67. The van der Waals surface area contributed by atoms with Crippen molar-refractivity contribution in [1.29, 1.82) is 0 Å². The Morgan fingerprint density at radius 1 is 1.16 bits per heavy atom. The van der Waals surface area contributed by atoms with Gasteiger partial charge in [-0.1, -0.05) is 43.7 Å². The first-order valence-electron chi connectivity index (χ1n) is 11.4. The highest BCUT2D eigenvalue weighted by Crippen LogP contribution is 2.46. The van der Waals surface area contributed by atoms with Crippen LogP contribution in [0.25, 0.3) is 11.1 Å². The Morgan fingerprint density at radius 3 is 2.65 bits per heavy atom. The van der Waals surface area contributed by atoms with Gasteiger partial charge in [-0.05, 0) is 79.4 Å². The molecule has 1 unspecified atom stereocenters. The zero-order valence-electron chi connectivity index (χ0n) is 18.6. The summed E-state index contributed by atoms with van der Waals surface area (Å²) in [6.45, 7) is 9.41. The van der Waals surface area contributed by atoms with Gasteiger partial charge in [0, 0.05) is 12.1 Å². The summed E-state index contributed by atoms with van der Waals surface area (Å²) in [7, 11) is 0. The van der Waals surface area contributed by atoms with Gasteiger partial charge in [0.1, 0.15) is 11.9 Å². The molecule has 2 aromatic rings. The van der Waals surface area contributed by atoms with Gasteiger partial charge in [-0.25, -0.2) is 9.18 Å². The van der Waals surface area contributed by atoms with Crippen LogP contribution in [0.4, 0.5) is 9.18 Å². The number of fused-ring (bicyclic) bond motifs is 4. The molecule has 5 heteroatoms. The predicted octanol–water partition coefficient (Wildman–Crippen LogP) is 5.24. The minimum absolute atomic E-state index is 0.00171. The highest BCUT2D eigenvalue weighted by atomic mass is 19.1. The van der Waals surface area contributed by atoms with Crippen molar-refractivity contribution in [3.05, 3.63) is 58.9 Å². The first-order valence-corrected chi connectivity index (χ1v) is 11.4. The lowest BCUT2D eigenvalue weighted by Crippen LogP contribution is -2.53. The lowest BCUT2D eigenvalue weighted by atomic mass is 9.85. The van der Waals surface area contributed by atoms with E-state index in [-0.39, 0.29) is 29.5 Å². The van der Waals surface area contributed by atoms with Gasteiger partial charge in [-0.15, -0.1) is 0 Å². The van der Waals surface area contributed by atoms with Gasteiger partial charge >= 0.3 is 6.09 Å². The molecule has 0 radical (unpaired) electrons. The molecule has 164 valence electrons. The molecule has 1 amide bonds. The molecule has 2 bridgehead atoms. The number of hydrogen-bond acceptors (Lipinski definition) is 3. The third-order valence-electron chi connectivity index (χ3n) is 7.43. The fourth-order valence-corrected chi connectivity index (χ4v) is 5.69. The van der Waals surface area contributed by atoms with E-state index in [1.165, 1.54) is 6.07 Å². The summed E-state index contributed by atoms with van der Waals surface area (Å²) in [5.74, 6) is 0.282. The fourth-order valence-electron chi connectivity index (χ4n) is 5.69. The molecule has 3 aliphatic heterocycles. The minimum atomic E-state index is -0.321. The number of nitrogens with zero attached hydrogens (tertiary/aromatic N) is 1. The van der Waals surface area contributed by atoms with Crippen molar-refractivity contribution < 1.29 is 13.9 Å². The number of piperidine rings is 3. The minimum Gasteiger partial charge on any atom is -0.445 e. The number of amides is 1. The molecular formula is C26H31FN2O2. The van der Waals surface area contributed by atoms with E-state index in [0.717, 1.165) is 61.2 Å². The van der Waals surface area contributed by atoms with E-state index in [4.69, 9.17) is 4.74 Å². The number of halogens is 1. The van der Waals surface area contributed by atoms with Crippen LogP contribution in [0.1, 0.15) is 49.4 Å².